The van der Waals surface area contributed by atoms with Crippen molar-refractivity contribution in [1.29, 1.82) is 0 Å². The van der Waals surface area contributed by atoms with Gasteiger partial charge in [0.25, 0.3) is 0 Å². The Morgan fingerprint density at radius 2 is 1.55 bits per heavy atom. The number of benzene rings is 2. The average molecular weight is 398 g/mol. The largest absolute Gasteiger partial charge is 0.368 e. The van der Waals surface area contributed by atoms with Crippen molar-refractivity contribution >= 4 is 11.6 Å². The minimum absolute atomic E-state index is 0.0327. The minimum atomic E-state index is -0.331. The molecule has 150 valence electrons. The number of carbonyl (C=O) groups excluding carboxylic acids is 1. The fourth-order valence-electron chi connectivity index (χ4n) is 3.31. The Balaban J connectivity index is 1.27. The SMILES string of the molecule is O=C(CCc1nc(-c2ccc(F)cc2)no1)N1CCN(c2ccc(F)cc2)CC1. The van der Waals surface area contributed by atoms with E-state index in [1.165, 1.54) is 24.3 Å². The Kier molecular flexibility index (Phi) is 5.50. The minimum Gasteiger partial charge on any atom is -0.368 e. The van der Waals surface area contributed by atoms with Crippen LogP contribution in [0.25, 0.3) is 11.4 Å². The van der Waals surface area contributed by atoms with Crippen LogP contribution in [0, 0.1) is 11.6 Å². The van der Waals surface area contributed by atoms with Gasteiger partial charge in [-0.15, -0.1) is 0 Å². The van der Waals surface area contributed by atoms with E-state index in [9.17, 15) is 13.6 Å². The number of piperazine rings is 1. The smallest absolute Gasteiger partial charge is 0.227 e. The number of rotatable bonds is 5. The second-order valence-electron chi connectivity index (χ2n) is 6.86. The van der Waals surface area contributed by atoms with E-state index in [1.807, 2.05) is 4.90 Å². The summed E-state index contributed by atoms with van der Waals surface area (Å²) in [5.41, 5.74) is 1.61. The molecule has 2 heterocycles. The van der Waals surface area contributed by atoms with Crippen LogP contribution in [0.2, 0.25) is 0 Å². The molecule has 3 aromatic rings. The number of nitrogens with zero attached hydrogens (tertiary/aromatic N) is 4. The Hall–Kier alpha value is -3.29. The van der Waals surface area contributed by atoms with Crippen LogP contribution in [-0.4, -0.2) is 47.1 Å². The summed E-state index contributed by atoms with van der Waals surface area (Å²) < 4.78 is 31.3. The zero-order chi connectivity index (χ0) is 20.2. The highest BCUT2D eigenvalue weighted by atomic mass is 19.1. The Morgan fingerprint density at radius 1 is 0.931 bits per heavy atom. The summed E-state index contributed by atoms with van der Waals surface area (Å²) in [5.74, 6) is 0.196. The normalized spacial score (nSPS) is 14.3. The van der Waals surface area contributed by atoms with Gasteiger partial charge in [-0.25, -0.2) is 8.78 Å². The summed E-state index contributed by atoms with van der Waals surface area (Å²) in [7, 11) is 0. The summed E-state index contributed by atoms with van der Waals surface area (Å²) >= 11 is 0. The monoisotopic (exact) mass is 398 g/mol. The molecule has 0 unspecified atom stereocenters. The molecule has 0 N–H and O–H groups in total. The average Bonchev–Trinajstić information content (AvgIpc) is 3.22. The Bertz CT molecular complexity index is 965. The number of anilines is 1. The van der Waals surface area contributed by atoms with Crippen LogP contribution in [0.3, 0.4) is 0 Å². The van der Waals surface area contributed by atoms with E-state index in [0.29, 0.717) is 49.9 Å². The lowest BCUT2D eigenvalue weighted by Gasteiger charge is -2.36. The molecule has 0 saturated carbocycles. The van der Waals surface area contributed by atoms with Crippen molar-refractivity contribution in [2.24, 2.45) is 0 Å². The highest BCUT2D eigenvalue weighted by molar-refractivity contribution is 5.76. The van der Waals surface area contributed by atoms with E-state index in [2.05, 4.69) is 15.0 Å². The first-order chi connectivity index (χ1) is 14.1. The first kappa shape index (κ1) is 19.0. The van der Waals surface area contributed by atoms with Gasteiger partial charge in [0.05, 0.1) is 0 Å². The standard InChI is InChI=1S/C21H20F2N4O2/c22-16-3-1-15(2-4-16)21-24-19(29-25-21)9-10-20(28)27-13-11-26(12-14-27)18-7-5-17(23)6-8-18/h1-8H,9-14H2. The molecule has 0 spiro atoms. The third-order valence-electron chi connectivity index (χ3n) is 4.95. The summed E-state index contributed by atoms with van der Waals surface area (Å²) in [6.07, 6.45) is 0.632. The zero-order valence-electron chi connectivity index (χ0n) is 15.7. The van der Waals surface area contributed by atoms with Gasteiger partial charge in [-0.05, 0) is 48.5 Å². The van der Waals surface area contributed by atoms with Gasteiger partial charge in [-0.3, -0.25) is 4.79 Å². The van der Waals surface area contributed by atoms with E-state index in [1.54, 1.807) is 24.3 Å². The lowest BCUT2D eigenvalue weighted by atomic mass is 10.2. The van der Waals surface area contributed by atoms with Gasteiger partial charge < -0.3 is 14.3 Å². The summed E-state index contributed by atoms with van der Waals surface area (Å²) in [6.45, 7) is 2.63. The van der Waals surface area contributed by atoms with Crippen LogP contribution < -0.4 is 4.90 Å². The van der Waals surface area contributed by atoms with Gasteiger partial charge in [-0.1, -0.05) is 5.16 Å². The maximum atomic E-state index is 13.1. The molecule has 0 radical (unpaired) electrons. The van der Waals surface area contributed by atoms with E-state index >= 15 is 0 Å². The fraction of sp³-hybridized carbons (Fsp3) is 0.286. The summed E-state index contributed by atoms with van der Waals surface area (Å²) in [4.78, 5) is 20.7. The van der Waals surface area contributed by atoms with E-state index in [4.69, 9.17) is 4.52 Å². The molecule has 8 heteroatoms. The quantitative estimate of drug-likeness (QED) is 0.660. The molecule has 1 aliphatic rings. The van der Waals surface area contributed by atoms with Crippen LogP contribution in [-0.2, 0) is 11.2 Å². The molecule has 0 aliphatic carbocycles. The molecular weight excluding hydrogens is 378 g/mol. The van der Waals surface area contributed by atoms with Crippen LogP contribution in [0.5, 0.6) is 0 Å². The number of hydrogen-bond acceptors (Lipinski definition) is 5. The van der Waals surface area contributed by atoms with Crippen molar-refractivity contribution in [1.82, 2.24) is 15.0 Å². The van der Waals surface area contributed by atoms with Crippen LogP contribution in [0.1, 0.15) is 12.3 Å². The van der Waals surface area contributed by atoms with Gasteiger partial charge >= 0.3 is 0 Å². The number of amides is 1. The van der Waals surface area contributed by atoms with Crippen molar-refractivity contribution < 1.29 is 18.1 Å². The first-order valence-electron chi connectivity index (χ1n) is 9.45. The van der Waals surface area contributed by atoms with Crippen molar-refractivity contribution in [3.05, 3.63) is 66.1 Å². The molecule has 29 heavy (non-hydrogen) atoms. The lowest BCUT2D eigenvalue weighted by molar-refractivity contribution is -0.131. The van der Waals surface area contributed by atoms with Crippen molar-refractivity contribution in [3.63, 3.8) is 0 Å². The number of aryl methyl sites for hydroxylation is 1. The van der Waals surface area contributed by atoms with Crippen LogP contribution >= 0.6 is 0 Å². The van der Waals surface area contributed by atoms with Gasteiger partial charge in [-0.2, -0.15) is 4.98 Å². The molecule has 1 amide bonds. The highest BCUT2D eigenvalue weighted by Crippen LogP contribution is 2.19. The Labute approximate surface area is 166 Å². The second kappa shape index (κ2) is 8.38. The molecule has 4 rings (SSSR count). The topological polar surface area (TPSA) is 62.5 Å². The maximum absolute atomic E-state index is 13.1. The van der Waals surface area contributed by atoms with E-state index in [-0.39, 0.29) is 24.0 Å². The third kappa shape index (κ3) is 4.59. The molecule has 1 aliphatic heterocycles. The molecule has 2 aromatic carbocycles. The van der Waals surface area contributed by atoms with Crippen LogP contribution in [0.15, 0.2) is 53.1 Å². The molecule has 0 bridgehead atoms. The number of carbonyl (C=O) groups is 1. The van der Waals surface area contributed by atoms with Crippen molar-refractivity contribution in [2.45, 2.75) is 12.8 Å². The molecule has 1 saturated heterocycles. The predicted octanol–water partition coefficient (Wildman–Crippen LogP) is 3.30. The molecule has 1 fully saturated rings. The Morgan fingerprint density at radius 3 is 2.21 bits per heavy atom. The second-order valence-corrected chi connectivity index (χ2v) is 6.86. The lowest BCUT2D eigenvalue weighted by Crippen LogP contribution is -2.48. The molecular formula is C21H20F2N4O2. The molecule has 0 atom stereocenters. The van der Waals surface area contributed by atoms with Gasteiger partial charge in [0.15, 0.2) is 0 Å². The first-order valence-corrected chi connectivity index (χ1v) is 9.45. The fourth-order valence-corrected chi connectivity index (χ4v) is 3.31. The predicted molar refractivity (Wildman–Crippen MR) is 103 cm³/mol. The van der Waals surface area contributed by atoms with E-state index in [0.717, 1.165) is 5.69 Å². The third-order valence-corrected chi connectivity index (χ3v) is 4.95. The summed E-state index contributed by atoms with van der Waals surface area (Å²) in [6, 6.07) is 12.2. The van der Waals surface area contributed by atoms with Gasteiger partial charge in [0.1, 0.15) is 11.6 Å². The molecule has 6 nitrogen and oxygen atoms in total. The number of hydrogen-bond donors (Lipinski definition) is 0. The zero-order valence-corrected chi connectivity index (χ0v) is 15.7. The van der Waals surface area contributed by atoms with Crippen LogP contribution in [0.4, 0.5) is 14.5 Å². The van der Waals surface area contributed by atoms with Crippen molar-refractivity contribution in [3.8, 4) is 11.4 Å². The molecule has 1 aromatic heterocycles. The maximum Gasteiger partial charge on any atom is 0.227 e. The van der Waals surface area contributed by atoms with Gasteiger partial charge in [0.2, 0.25) is 17.6 Å². The summed E-state index contributed by atoms with van der Waals surface area (Å²) in [5, 5.41) is 3.89. The van der Waals surface area contributed by atoms with Crippen molar-refractivity contribution in [2.75, 3.05) is 31.1 Å². The number of halogens is 2. The van der Waals surface area contributed by atoms with Gasteiger partial charge in [0, 0.05) is 50.3 Å². The number of aromatic nitrogens is 2. The van der Waals surface area contributed by atoms with E-state index < -0.39 is 0 Å². The highest BCUT2D eigenvalue weighted by Gasteiger charge is 2.22.